The number of carbonyl (C=O) groups excluding carboxylic acids is 1. The third-order valence-electron chi connectivity index (χ3n) is 2.57. The van der Waals surface area contributed by atoms with Gasteiger partial charge < -0.3 is 5.11 Å². The van der Waals surface area contributed by atoms with E-state index in [1.165, 1.54) is 18.0 Å². The lowest BCUT2D eigenvalue weighted by molar-refractivity contribution is -0.118. The van der Waals surface area contributed by atoms with Gasteiger partial charge in [0.25, 0.3) is 0 Å². The number of halogens is 2. The Morgan fingerprint density at radius 1 is 1.32 bits per heavy atom. The number of hydrazone groups is 1. The van der Waals surface area contributed by atoms with E-state index >= 15 is 0 Å². The minimum absolute atomic E-state index is 0.119. The molecule has 0 aliphatic heterocycles. The van der Waals surface area contributed by atoms with Crippen molar-refractivity contribution in [3.63, 3.8) is 0 Å². The first-order chi connectivity index (χ1) is 10.5. The van der Waals surface area contributed by atoms with Crippen molar-refractivity contribution in [1.82, 2.24) is 5.43 Å². The highest BCUT2D eigenvalue weighted by atomic mass is 127. The van der Waals surface area contributed by atoms with Crippen LogP contribution in [0.5, 0.6) is 5.75 Å². The minimum Gasteiger partial charge on any atom is -0.507 e. The predicted octanol–water partition coefficient (Wildman–Crippen LogP) is 3.89. The number of benzene rings is 2. The number of phenolic OH excluding ortho intramolecular Hbond substituents is 1. The van der Waals surface area contributed by atoms with Gasteiger partial charge >= 0.3 is 0 Å². The Morgan fingerprint density at radius 2 is 2.05 bits per heavy atom. The van der Waals surface area contributed by atoms with Gasteiger partial charge in [-0.05, 0) is 65.1 Å². The largest absolute Gasteiger partial charge is 0.507 e. The van der Waals surface area contributed by atoms with Crippen LogP contribution in [-0.4, -0.2) is 23.0 Å². The molecule has 0 aliphatic rings. The van der Waals surface area contributed by atoms with Gasteiger partial charge in [0.15, 0.2) is 0 Å². The first-order valence-electron chi connectivity index (χ1n) is 6.23. The van der Waals surface area contributed by atoms with Gasteiger partial charge in [-0.15, -0.1) is 11.8 Å². The molecule has 7 heteroatoms. The molecule has 1 amide bonds. The molecule has 2 aromatic carbocycles. The van der Waals surface area contributed by atoms with Gasteiger partial charge in [0.1, 0.15) is 5.75 Å². The fraction of sp³-hybridized carbons (Fsp3) is 0.0667. The molecule has 0 saturated heterocycles. The molecule has 2 aromatic rings. The monoisotopic (exact) mass is 446 g/mol. The van der Waals surface area contributed by atoms with Crippen LogP contribution >= 0.6 is 46.0 Å². The molecule has 22 heavy (non-hydrogen) atoms. The number of rotatable bonds is 5. The molecule has 0 radical (unpaired) electrons. The molecule has 0 saturated carbocycles. The van der Waals surface area contributed by atoms with Crippen molar-refractivity contribution in [3.05, 3.63) is 56.6 Å². The third-order valence-corrected chi connectivity index (χ3v) is 4.50. The van der Waals surface area contributed by atoms with Gasteiger partial charge in [-0.3, -0.25) is 4.79 Å². The van der Waals surface area contributed by atoms with E-state index in [1.807, 2.05) is 12.1 Å². The Kier molecular flexibility index (Phi) is 6.53. The summed E-state index contributed by atoms with van der Waals surface area (Å²) in [6.07, 6.45) is 1.42. The van der Waals surface area contributed by atoms with Crippen LogP contribution < -0.4 is 5.43 Å². The van der Waals surface area contributed by atoms with Crippen molar-refractivity contribution in [2.75, 3.05) is 5.75 Å². The van der Waals surface area contributed by atoms with Crippen LogP contribution in [0.2, 0.25) is 5.02 Å². The van der Waals surface area contributed by atoms with E-state index in [1.54, 1.807) is 30.3 Å². The molecule has 0 unspecified atom stereocenters. The number of thioether (sulfide) groups is 1. The zero-order chi connectivity index (χ0) is 15.9. The molecule has 2 N–H and O–H groups in total. The maximum Gasteiger partial charge on any atom is 0.250 e. The normalized spacial score (nSPS) is 10.8. The summed E-state index contributed by atoms with van der Waals surface area (Å²) >= 11 is 9.33. The summed E-state index contributed by atoms with van der Waals surface area (Å²) in [5.41, 5.74) is 2.98. The van der Waals surface area contributed by atoms with Crippen molar-refractivity contribution < 1.29 is 9.90 Å². The second-order valence-corrected chi connectivity index (χ2v) is 6.97. The molecule has 0 atom stereocenters. The fourth-order valence-electron chi connectivity index (χ4n) is 1.51. The summed E-state index contributed by atoms with van der Waals surface area (Å²) < 4.78 is 0.974. The molecule has 4 nitrogen and oxygen atoms in total. The van der Waals surface area contributed by atoms with Gasteiger partial charge in [-0.2, -0.15) is 5.10 Å². The Hall–Kier alpha value is -1.25. The van der Waals surface area contributed by atoms with Crippen molar-refractivity contribution in [1.29, 1.82) is 0 Å². The molecule has 0 aliphatic carbocycles. The number of phenols is 1. The van der Waals surface area contributed by atoms with E-state index < -0.39 is 0 Å². The number of hydrogen-bond acceptors (Lipinski definition) is 4. The fourth-order valence-corrected chi connectivity index (χ4v) is 2.85. The van der Waals surface area contributed by atoms with Crippen LogP contribution in [0.15, 0.2) is 52.5 Å². The average molecular weight is 447 g/mol. The van der Waals surface area contributed by atoms with Crippen molar-refractivity contribution in [3.8, 4) is 5.75 Å². The summed E-state index contributed by atoms with van der Waals surface area (Å²) in [7, 11) is 0. The van der Waals surface area contributed by atoms with Gasteiger partial charge in [-0.25, -0.2) is 5.43 Å². The highest BCUT2D eigenvalue weighted by Gasteiger charge is 2.02. The summed E-state index contributed by atoms with van der Waals surface area (Å²) in [4.78, 5) is 12.6. The summed E-state index contributed by atoms with van der Waals surface area (Å²) in [6, 6.07) is 12.4. The molecule has 0 spiro atoms. The smallest absolute Gasteiger partial charge is 0.250 e. The lowest BCUT2D eigenvalue weighted by Gasteiger charge is -2.02. The topological polar surface area (TPSA) is 61.7 Å². The predicted molar refractivity (Wildman–Crippen MR) is 98.7 cm³/mol. The summed E-state index contributed by atoms with van der Waals surface area (Å²) in [6.45, 7) is 0. The van der Waals surface area contributed by atoms with E-state index in [4.69, 9.17) is 11.6 Å². The van der Waals surface area contributed by atoms with E-state index in [9.17, 15) is 9.90 Å². The Balaban J connectivity index is 1.83. The molecule has 2 rings (SSSR count). The molecule has 0 aromatic heterocycles. The summed E-state index contributed by atoms with van der Waals surface area (Å²) in [5, 5.41) is 14.2. The standard InChI is InChI=1S/C15H12ClIN2O2S/c16-11-1-4-13(5-2-11)22-9-15(21)19-18-8-10-7-12(17)3-6-14(10)20/h1-8,20H,9H2,(H,19,21). The highest BCUT2D eigenvalue weighted by Crippen LogP contribution is 2.20. The van der Waals surface area contributed by atoms with Crippen LogP contribution in [0.4, 0.5) is 0 Å². The maximum absolute atomic E-state index is 11.7. The van der Waals surface area contributed by atoms with Crippen LogP contribution in [0.1, 0.15) is 5.56 Å². The van der Waals surface area contributed by atoms with E-state index in [0.717, 1.165) is 8.47 Å². The van der Waals surface area contributed by atoms with Crippen LogP contribution in [0.25, 0.3) is 0 Å². The lowest BCUT2D eigenvalue weighted by Crippen LogP contribution is -2.19. The van der Waals surface area contributed by atoms with E-state index in [0.29, 0.717) is 10.6 Å². The van der Waals surface area contributed by atoms with Gasteiger partial charge in [0, 0.05) is 19.1 Å². The first kappa shape index (κ1) is 17.1. The van der Waals surface area contributed by atoms with Crippen molar-refractivity contribution in [2.45, 2.75) is 4.90 Å². The molecule has 0 bridgehead atoms. The van der Waals surface area contributed by atoms with Gasteiger partial charge in [-0.1, -0.05) is 11.6 Å². The quantitative estimate of drug-likeness (QED) is 0.317. The Labute approximate surface area is 151 Å². The second kappa shape index (κ2) is 8.40. The van der Waals surface area contributed by atoms with Gasteiger partial charge in [0.2, 0.25) is 5.91 Å². The Bertz CT molecular complexity index is 692. The second-order valence-electron chi connectivity index (χ2n) is 4.24. The van der Waals surface area contributed by atoms with Crippen LogP contribution in [-0.2, 0) is 4.79 Å². The molecule has 0 fully saturated rings. The zero-order valence-electron chi connectivity index (χ0n) is 11.3. The van der Waals surface area contributed by atoms with E-state index in [-0.39, 0.29) is 17.4 Å². The van der Waals surface area contributed by atoms with Crippen molar-refractivity contribution >= 4 is 58.1 Å². The average Bonchev–Trinajstić information content (AvgIpc) is 2.50. The molecule has 114 valence electrons. The molecule has 0 heterocycles. The minimum atomic E-state index is -0.221. The van der Waals surface area contributed by atoms with Gasteiger partial charge in [0.05, 0.1) is 12.0 Å². The number of nitrogens with zero attached hydrogens (tertiary/aromatic N) is 1. The number of hydrogen-bond donors (Lipinski definition) is 2. The number of aromatic hydroxyl groups is 1. The lowest BCUT2D eigenvalue weighted by atomic mass is 10.2. The number of nitrogens with one attached hydrogen (secondary N) is 1. The number of amides is 1. The highest BCUT2D eigenvalue weighted by molar-refractivity contribution is 14.1. The first-order valence-corrected chi connectivity index (χ1v) is 8.67. The zero-order valence-corrected chi connectivity index (χ0v) is 15.0. The van der Waals surface area contributed by atoms with E-state index in [2.05, 4.69) is 33.1 Å². The SMILES string of the molecule is O=C(CSc1ccc(Cl)cc1)NN=Cc1cc(I)ccc1O. The van der Waals surface area contributed by atoms with Crippen molar-refractivity contribution in [2.24, 2.45) is 5.10 Å². The Morgan fingerprint density at radius 3 is 2.77 bits per heavy atom. The molecular formula is C15H12ClIN2O2S. The maximum atomic E-state index is 11.7. The van der Waals surface area contributed by atoms with Crippen LogP contribution in [0.3, 0.4) is 0 Å². The van der Waals surface area contributed by atoms with Crippen LogP contribution in [0, 0.1) is 3.57 Å². The molecular weight excluding hydrogens is 435 g/mol. The summed E-state index contributed by atoms with van der Waals surface area (Å²) in [5.74, 6) is 0.146. The number of carbonyl (C=O) groups is 1. The third kappa shape index (κ3) is 5.51.